The highest BCUT2D eigenvalue weighted by molar-refractivity contribution is 9.10. The Labute approximate surface area is 97.5 Å². The number of benzene rings is 1. The van der Waals surface area contributed by atoms with Gasteiger partial charge in [-0.25, -0.2) is 9.79 Å². The molecule has 1 atom stereocenters. The first kappa shape index (κ1) is 10.6. The van der Waals surface area contributed by atoms with E-state index in [9.17, 15) is 4.79 Å². The molecule has 0 bridgehead atoms. The normalized spacial score (nSPS) is 19.1. The zero-order valence-electron chi connectivity index (χ0n) is 8.37. The topological polar surface area (TPSA) is 29.4 Å². The van der Waals surface area contributed by atoms with Crippen LogP contribution in [0.25, 0.3) is 0 Å². The summed E-state index contributed by atoms with van der Waals surface area (Å²) in [5, 5.41) is 0. The van der Waals surface area contributed by atoms with E-state index in [2.05, 4.69) is 39.1 Å². The number of aliphatic imine (C=N–C) groups is 1. The molecule has 0 fully saturated rings. The van der Waals surface area contributed by atoms with E-state index in [1.165, 1.54) is 17.5 Å². The van der Waals surface area contributed by atoms with Crippen LogP contribution in [-0.4, -0.2) is 12.6 Å². The van der Waals surface area contributed by atoms with Gasteiger partial charge in [0.05, 0.1) is 6.54 Å². The van der Waals surface area contributed by atoms with Gasteiger partial charge in [0, 0.05) is 10.4 Å². The van der Waals surface area contributed by atoms with Crippen molar-refractivity contribution >= 4 is 22.0 Å². The highest BCUT2D eigenvalue weighted by atomic mass is 79.9. The first-order valence-corrected chi connectivity index (χ1v) is 5.92. The molecule has 1 aromatic rings. The van der Waals surface area contributed by atoms with Gasteiger partial charge in [-0.15, -0.1) is 0 Å². The summed E-state index contributed by atoms with van der Waals surface area (Å²) in [5.74, 6) is 0.396. The molecule has 2 rings (SSSR count). The Hall–Kier alpha value is -0.920. The summed E-state index contributed by atoms with van der Waals surface area (Å²) in [6, 6.07) is 6.39. The molecule has 0 N–H and O–H groups in total. The van der Waals surface area contributed by atoms with Gasteiger partial charge in [-0.05, 0) is 42.5 Å². The zero-order chi connectivity index (χ0) is 10.7. The number of isocyanates is 1. The van der Waals surface area contributed by atoms with Crippen molar-refractivity contribution in [2.45, 2.75) is 25.2 Å². The van der Waals surface area contributed by atoms with Gasteiger partial charge in [0.2, 0.25) is 6.08 Å². The Morgan fingerprint density at radius 2 is 2.40 bits per heavy atom. The molecule has 0 aliphatic heterocycles. The van der Waals surface area contributed by atoms with Crippen molar-refractivity contribution in [2.75, 3.05) is 6.54 Å². The third-order valence-corrected chi connectivity index (χ3v) is 3.42. The minimum absolute atomic E-state index is 0.396. The molecule has 78 valence electrons. The average Bonchev–Trinajstić information content (AvgIpc) is 2.26. The number of carbonyl (C=O) groups excluding carboxylic acids is 1. The summed E-state index contributed by atoms with van der Waals surface area (Å²) in [4.78, 5) is 13.8. The van der Waals surface area contributed by atoms with E-state index in [1.807, 2.05) is 0 Å². The molecule has 3 heteroatoms. The van der Waals surface area contributed by atoms with E-state index in [1.54, 1.807) is 6.08 Å². The first-order chi connectivity index (χ1) is 7.31. The van der Waals surface area contributed by atoms with Gasteiger partial charge in [0.25, 0.3) is 0 Å². The molecule has 0 saturated heterocycles. The highest BCUT2D eigenvalue weighted by Crippen LogP contribution is 2.33. The number of fused-ring (bicyclic) bond motifs is 1. The quantitative estimate of drug-likeness (QED) is 0.597. The Morgan fingerprint density at radius 1 is 1.53 bits per heavy atom. The maximum Gasteiger partial charge on any atom is 0.234 e. The number of rotatable bonds is 2. The lowest BCUT2D eigenvalue weighted by Crippen LogP contribution is -2.12. The molecule has 1 unspecified atom stereocenters. The van der Waals surface area contributed by atoms with Crippen molar-refractivity contribution in [3.05, 3.63) is 33.8 Å². The maximum atomic E-state index is 10.1. The van der Waals surface area contributed by atoms with Crippen molar-refractivity contribution in [1.82, 2.24) is 0 Å². The highest BCUT2D eigenvalue weighted by Gasteiger charge is 2.19. The number of hydrogen-bond acceptors (Lipinski definition) is 2. The second-order valence-corrected chi connectivity index (χ2v) is 4.78. The van der Waals surface area contributed by atoms with Crippen LogP contribution in [0.3, 0.4) is 0 Å². The average molecular weight is 266 g/mol. The van der Waals surface area contributed by atoms with E-state index >= 15 is 0 Å². The largest absolute Gasteiger partial charge is 0.234 e. The lowest BCUT2D eigenvalue weighted by atomic mass is 9.83. The number of aryl methyl sites for hydroxylation is 1. The van der Waals surface area contributed by atoms with Crippen LogP contribution in [0.5, 0.6) is 0 Å². The minimum atomic E-state index is 0.396. The monoisotopic (exact) mass is 265 g/mol. The molecule has 0 heterocycles. The summed E-state index contributed by atoms with van der Waals surface area (Å²) in [7, 11) is 0. The van der Waals surface area contributed by atoms with Crippen LogP contribution < -0.4 is 0 Å². The van der Waals surface area contributed by atoms with E-state index in [4.69, 9.17) is 0 Å². The van der Waals surface area contributed by atoms with Gasteiger partial charge in [-0.2, -0.15) is 0 Å². The molecule has 0 spiro atoms. The molecule has 0 radical (unpaired) electrons. The Bertz CT molecular complexity index is 410. The molecule has 1 aromatic carbocycles. The van der Waals surface area contributed by atoms with Crippen LogP contribution in [0.1, 0.15) is 29.9 Å². The summed E-state index contributed by atoms with van der Waals surface area (Å²) in [5.41, 5.74) is 2.74. The Morgan fingerprint density at radius 3 is 3.20 bits per heavy atom. The van der Waals surface area contributed by atoms with Gasteiger partial charge >= 0.3 is 0 Å². The lowest BCUT2D eigenvalue weighted by Gasteiger charge is -2.23. The maximum absolute atomic E-state index is 10.1. The van der Waals surface area contributed by atoms with Crippen molar-refractivity contribution in [3.8, 4) is 0 Å². The molecule has 2 nitrogen and oxygen atoms in total. The second-order valence-electron chi connectivity index (χ2n) is 3.86. The Kier molecular flexibility index (Phi) is 3.34. The third-order valence-electron chi connectivity index (χ3n) is 2.92. The summed E-state index contributed by atoms with van der Waals surface area (Å²) in [6.07, 6.45) is 5.07. The van der Waals surface area contributed by atoms with Crippen LogP contribution in [0.2, 0.25) is 0 Å². The fourth-order valence-electron chi connectivity index (χ4n) is 2.21. The van der Waals surface area contributed by atoms with E-state index < -0.39 is 0 Å². The summed E-state index contributed by atoms with van der Waals surface area (Å²) >= 11 is 3.48. The minimum Gasteiger partial charge on any atom is -0.211 e. The molecular weight excluding hydrogens is 254 g/mol. The fourth-order valence-corrected chi connectivity index (χ4v) is 2.58. The SMILES string of the molecule is O=C=NCC1CCCc2ccc(Br)cc21. The molecule has 0 saturated carbocycles. The number of nitrogens with zero attached hydrogens (tertiary/aromatic N) is 1. The van der Waals surface area contributed by atoms with Crippen molar-refractivity contribution < 1.29 is 4.79 Å². The molecule has 0 amide bonds. The van der Waals surface area contributed by atoms with Gasteiger partial charge in [-0.1, -0.05) is 22.0 Å². The standard InChI is InChI=1S/C12H12BrNO/c13-11-5-4-9-2-1-3-10(7-14-8-15)12(9)6-11/h4-6,10H,1-3,7H2. The fraction of sp³-hybridized carbons (Fsp3) is 0.417. The van der Waals surface area contributed by atoms with Crippen molar-refractivity contribution in [2.24, 2.45) is 4.99 Å². The number of halogens is 1. The summed E-state index contributed by atoms with van der Waals surface area (Å²) in [6.45, 7) is 0.576. The molecule has 1 aliphatic rings. The van der Waals surface area contributed by atoms with Crippen molar-refractivity contribution in [3.63, 3.8) is 0 Å². The molecule has 0 aromatic heterocycles. The molecule has 1 aliphatic carbocycles. The van der Waals surface area contributed by atoms with E-state index in [0.29, 0.717) is 12.5 Å². The third kappa shape index (κ3) is 2.36. The van der Waals surface area contributed by atoms with Gasteiger partial charge in [0.15, 0.2) is 0 Å². The predicted octanol–water partition coefficient (Wildman–Crippen LogP) is 3.20. The van der Waals surface area contributed by atoms with Crippen LogP contribution in [0, 0.1) is 0 Å². The van der Waals surface area contributed by atoms with Crippen molar-refractivity contribution in [1.29, 1.82) is 0 Å². The van der Waals surface area contributed by atoms with Gasteiger partial charge in [-0.3, -0.25) is 0 Å². The van der Waals surface area contributed by atoms with E-state index in [-0.39, 0.29) is 0 Å². The summed E-state index contributed by atoms with van der Waals surface area (Å²) < 4.78 is 1.10. The predicted molar refractivity (Wildman–Crippen MR) is 62.8 cm³/mol. The van der Waals surface area contributed by atoms with Crippen LogP contribution >= 0.6 is 15.9 Å². The molecular formula is C12H12BrNO. The Balaban J connectivity index is 2.31. The smallest absolute Gasteiger partial charge is 0.211 e. The van der Waals surface area contributed by atoms with E-state index in [0.717, 1.165) is 17.3 Å². The van der Waals surface area contributed by atoms with Crippen LogP contribution in [0.4, 0.5) is 0 Å². The van der Waals surface area contributed by atoms with Gasteiger partial charge in [0.1, 0.15) is 0 Å². The lowest BCUT2D eigenvalue weighted by molar-refractivity contribution is 0.543. The van der Waals surface area contributed by atoms with Gasteiger partial charge < -0.3 is 0 Å². The first-order valence-electron chi connectivity index (χ1n) is 5.13. The number of hydrogen-bond donors (Lipinski definition) is 0. The van der Waals surface area contributed by atoms with Crippen LogP contribution in [-0.2, 0) is 11.2 Å². The molecule has 15 heavy (non-hydrogen) atoms. The second kappa shape index (κ2) is 4.73. The van der Waals surface area contributed by atoms with Crippen LogP contribution in [0.15, 0.2) is 27.7 Å². The zero-order valence-corrected chi connectivity index (χ0v) is 9.96.